The van der Waals surface area contributed by atoms with Crippen molar-refractivity contribution in [1.29, 1.82) is 0 Å². The number of nitrogens with one attached hydrogen (secondary N) is 2. The number of amides is 2. The van der Waals surface area contributed by atoms with Crippen molar-refractivity contribution in [1.82, 2.24) is 9.88 Å². The Labute approximate surface area is 192 Å². The van der Waals surface area contributed by atoms with Gasteiger partial charge in [0.2, 0.25) is 5.91 Å². The second-order valence-electron chi connectivity index (χ2n) is 8.24. The molecule has 0 atom stereocenters. The van der Waals surface area contributed by atoms with E-state index >= 15 is 0 Å². The molecule has 4 rings (SSSR count). The molecule has 0 bridgehead atoms. The van der Waals surface area contributed by atoms with Crippen LogP contribution in [0.25, 0.3) is 0 Å². The highest BCUT2D eigenvalue weighted by Gasteiger charge is 2.30. The maximum atomic E-state index is 12.9. The van der Waals surface area contributed by atoms with E-state index < -0.39 is 5.91 Å². The van der Waals surface area contributed by atoms with E-state index in [2.05, 4.69) is 20.5 Å². The molecule has 164 valence electrons. The molecule has 2 amide bonds. The maximum Gasteiger partial charge on any atom is 0.258 e. The Balaban J connectivity index is 1.40. The second-order valence-corrected chi connectivity index (χ2v) is 9.12. The standard InChI is InChI=1S/C23H26Cl2N4O2/c24-16-5-7-20(19(13-16)23(31)28-21-8-6-17(25)14-26-21)27-22(30)15-9-11-29(12-10-15)18-3-1-2-4-18/h5-8,13-15,18H,1-4,9-12H2,(H,27,30)(H,26,28,31). The Bertz CT molecular complexity index is 937. The van der Waals surface area contributed by atoms with Gasteiger partial charge in [-0.1, -0.05) is 36.0 Å². The fourth-order valence-electron chi connectivity index (χ4n) is 4.48. The minimum atomic E-state index is -0.399. The van der Waals surface area contributed by atoms with E-state index in [0.29, 0.717) is 33.2 Å². The van der Waals surface area contributed by atoms with Gasteiger partial charge in [-0.2, -0.15) is 0 Å². The lowest BCUT2D eigenvalue weighted by Crippen LogP contribution is -2.42. The third-order valence-electron chi connectivity index (χ3n) is 6.19. The summed E-state index contributed by atoms with van der Waals surface area (Å²) in [5, 5.41) is 6.56. The van der Waals surface area contributed by atoms with Crippen molar-refractivity contribution < 1.29 is 9.59 Å². The molecule has 2 heterocycles. The molecule has 1 aromatic heterocycles. The first kappa shape index (κ1) is 22.1. The van der Waals surface area contributed by atoms with Crippen LogP contribution in [0.5, 0.6) is 0 Å². The Kier molecular flexibility index (Phi) is 7.10. The molecule has 0 radical (unpaired) electrons. The summed E-state index contributed by atoms with van der Waals surface area (Å²) in [5.74, 6) is -0.135. The maximum absolute atomic E-state index is 12.9. The number of hydrogen-bond donors (Lipinski definition) is 2. The average Bonchev–Trinajstić information content (AvgIpc) is 3.31. The zero-order chi connectivity index (χ0) is 21.8. The summed E-state index contributed by atoms with van der Waals surface area (Å²) >= 11 is 12.0. The normalized spacial score (nSPS) is 18.1. The monoisotopic (exact) mass is 460 g/mol. The van der Waals surface area contributed by atoms with Crippen molar-refractivity contribution in [2.75, 3.05) is 23.7 Å². The molecule has 1 aliphatic heterocycles. The van der Waals surface area contributed by atoms with E-state index in [1.54, 1.807) is 30.3 Å². The van der Waals surface area contributed by atoms with Gasteiger partial charge in [-0.15, -0.1) is 0 Å². The summed E-state index contributed by atoms with van der Waals surface area (Å²) in [6, 6.07) is 8.82. The highest BCUT2D eigenvalue weighted by molar-refractivity contribution is 6.31. The van der Waals surface area contributed by atoms with Crippen LogP contribution in [0.15, 0.2) is 36.5 Å². The van der Waals surface area contributed by atoms with Gasteiger partial charge in [0, 0.05) is 23.2 Å². The molecule has 2 aliphatic rings. The van der Waals surface area contributed by atoms with E-state index in [-0.39, 0.29) is 11.8 Å². The van der Waals surface area contributed by atoms with Crippen LogP contribution in [0, 0.1) is 5.92 Å². The van der Waals surface area contributed by atoms with Gasteiger partial charge in [-0.3, -0.25) is 9.59 Å². The van der Waals surface area contributed by atoms with E-state index in [1.165, 1.54) is 31.9 Å². The lowest BCUT2D eigenvalue weighted by atomic mass is 9.94. The molecular weight excluding hydrogens is 435 g/mol. The summed E-state index contributed by atoms with van der Waals surface area (Å²) in [4.78, 5) is 32.4. The highest BCUT2D eigenvalue weighted by atomic mass is 35.5. The number of piperidine rings is 1. The van der Waals surface area contributed by atoms with Gasteiger partial charge in [0.25, 0.3) is 5.91 Å². The van der Waals surface area contributed by atoms with Crippen molar-refractivity contribution in [3.63, 3.8) is 0 Å². The van der Waals surface area contributed by atoms with Gasteiger partial charge in [-0.25, -0.2) is 4.98 Å². The van der Waals surface area contributed by atoms with Crippen molar-refractivity contribution in [3.8, 4) is 0 Å². The third kappa shape index (κ3) is 5.56. The Morgan fingerprint density at radius 1 is 0.935 bits per heavy atom. The number of nitrogens with zero attached hydrogens (tertiary/aromatic N) is 2. The smallest absolute Gasteiger partial charge is 0.258 e. The Morgan fingerprint density at radius 2 is 1.65 bits per heavy atom. The van der Waals surface area contributed by atoms with Gasteiger partial charge >= 0.3 is 0 Å². The van der Waals surface area contributed by atoms with E-state index in [1.807, 2.05) is 0 Å². The third-order valence-corrected chi connectivity index (χ3v) is 6.65. The van der Waals surface area contributed by atoms with Gasteiger partial charge in [0.1, 0.15) is 5.82 Å². The molecule has 6 nitrogen and oxygen atoms in total. The molecule has 2 fully saturated rings. The predicted octanol–water partition coefficient (Wildman–Crippen LogP) is 5.23. The zero-order valence-corrected chi connectivity index (χ0v) is 18.8. The quantitative estimate of drug-likeness (QED) is 0.639. The summed E-state index contributed by atoms with van der Waals surface area (Å²) in [5.41, 5.74) is 0.736. The molecule has 1 saturated heterocycles. The summed E-state index contributed by atoms with van der Waals surface area (Å²) < 4.78 is 0. The number of hydrogen-bond acceptors (Lipinski definition) is 4. The Morgan fingerprint density at radius 3 is 2.32 bits per heavy atom. The van der Waals surface area contributed by atoms with Crippen molar-refractivity contribution in [2.45, 2.75) is 44.6 Å². The molecule has 1 aromatic carbocycles. The number of anilines is 2. The topological polar surface area (TPSA) is 74.3 Å². The average molecular weight is 461 g/mol. The number of likely N-dealkylation sites (tertiary alicyclic amines) is 1. The summed E-state index contributed by atoms with van der Waals surface area (Å²) in [7, 11) is 0. The van der Waals surface area contributed by atoms with Crippen LogP contribution < -0.4 is 10.6 Å². The van der Waals surface area contributed by atoms with Crippen LogP contribution >= 0.6 is 23.2 Å². The number of carbonyl (C=O) groups excluding carboxylic acids is 2. The van der Waals surface area contributed by atoms with Gasteiger partial charge in [0.15, 0.2) is 0 Å². The largest absolute Gasteiger partial charge is 0.325 e. The van der Waals surface area contributed by atoms with Crippen LogP contribution in [-0.4, -0.2) is 40.8 Å². The van der Waals surface area contributed by atoms with Crippen LogP contribution in [0.3, 0.4) is 0 Å². The van der Waals surface area contributed by atoms with Crippen LogP contribution in [0.2, 0.25) is 10.0 Å². The van der Waals surface area contributed by atoms with Crippen molar-refractivity contribution >= 4 is 46.5 Å². The fraction of sp³-hybridized carbons (Fsp3) is 0.435. The summed E-state index contributed by atoms with van der Waals surface area (Å²) in [6.07, 6.45) is 8.33. The Hall–Kier alpha value is -2.15. The van der Waals surface area contributed by atoms with E-state index in [9.17, 15) is 9.59 Å². The number of carbonyl (C=O) groups is 2. The molecular formula is C23H26Cl2N4O2. The van der Waals surface area contributed by atoms with Crippen molar-refractivity contribution in [2.24, 2.45) is 5.92 Å². The van der Waals surface area contributed by atoms with Gasteiger partial charge in [-0.05, 0) is 69.1 Å². The molecule has 0 spiro atoms. The van der Waals surface area contributed by atoms with Crippen LogP contribution in [0.1, 0.15) is 48.9 Å². The second kappa shape index (κ2) is 9.98. The predicted molar refractivity (Wildman–Crippen MR) is 124 cm³/mol. The zero-order valence-electron chi connectivity index (χ0n) is 17.2. The number of benzene rings is 1. The minimum absolute atomic E-state index is 0.0490. The molecule has 0 unspecified atom stereocenters. The number of pyridine rings is 1. The number of halogens is 2. The highest BCUT2D eigenvalue weighted by Crippen LogP contribution is 2.29. The fourth-order valence-corrected chi connectivity index (χ4v) is 4.76. The van der Waals surface area contributed by atoms with Crippen LogP contribution in [0.4, 0.5) is 11.5 Å². The van der Waals surface area contributed by atoms with Crippen LogP contribution in [-0.2, 0) is 4.79 Å². The molecule has 1 saturated carbocycles. The lowest BCUT2D eigenvalue weighted by Gasteiger charge is -2.35. The van der Waals surface area contributed by atoms with E-state index in [4.69, 9.17) is 23.2 Å². The number of aromatic nitrogens is 1. The SMILES string of the molecule is O=C(Nc1ccc(Cl)cn1)c1cc(Cl)ccc1NC(=O)C1CCN(C2CCCC2)CC1. The van der Waals surface area contributed by atoms with Gasteiger partial charge < -0.3 is 15.5 Å². The first-order valence-corrected chi connectivity index (χ1v) is 11.5. The van der Waals surface area contributed by atoms with E-state index in [0.717, 1.165) is 25.9 Å². The van der Waals surface area contributed by atoms with Gasteiger partial charge in [0.05, 0.1) is 16.3 Å². The summed E-state index contributed by atoms with van der Waals surface area (Å²) in [6.45, 7) is 1.91. The first-order valence-electron chi connectivity index (χ1n) is 10.8. The molecule has 8 heteroatoms. The molecule has 2 N–H and O–H groups in total. The van der Waals surface area contributed by atoms with Crippen molar-refractivity contribution in [3.05, 3.63) is 52.1 Å². The first-order chi connectivity index (χ1) is 15.0. The number of rotatable bonds is 5. The molecule has 2 aromatic rings. The molecule has 1 aliphatic carbocycles. The molecule has 31 heavy (non-hydrogen) atoms. The lowest BCUT2D eigenvalue weighted by molar-refractivity contribution is -0.121. The minimum Gasteiger partial charge on any atom is -0.325 e.